The molecule has 0 unspecified atom stereocenters. The molecule has 1 N–H and O–H groups in total. The number of nitrogens with one attached hydrogen (secondary N) is 1. The van der Waals surface area contributed by atoms with Crippen LogP contribution in [0.25, 0.3) is 0 Å². The molecule has 142 valence electrons. The van der Waals surface area contributed by atoms with Crippen LogP contribution in [0.3, 0.4) is 0 Å². The van der Waals surface area contributed by atoms with Gasteiger partial charge in [-0.25, -0.2) is 12.7 Å². The molecule has 0 aliphatic carbocycles. The number of benzene rings is 1. The third kappa shape index (κ3) is 4.17. The SMILES string of the molecule is COc1cc(C(=O)NCc2ccc(S(=O)(=O)N(C)C)s2)cc(OC)c1C. The first-order valence-corrected chi connectivity index (χ1v) is 9.98. The molecule has 1 aromatic carbocycles. The summed E-state index contributed by atoms with van der Waals surface area (Å²) in [6, 6.07) is 6.52. The maximum absolute atomic E-state index is 12.4. The molecule has 0 fully saturated rings. The smallest absolute Gasteiger partial charge is 0.252 e. The summed E-state index contributed by atoms with van der Waals surface area (Å²) in [5.74, 6) is 0.821. The van der Waals surface area contributed by atoms with Crippen LogP contribution in [-0.2, 0) is 16.6 Å². The molecule has 1 amide bonds. The zero-order valence-corrected chi connectivity index (χ0v) is 17.0. The highest BCUT2D eigenvalue weighted by Gasteiger charge is 2.20. The van der Waals surface area contributed by atoms with Crippen LogP contribution in [-0.4, -0.2) is 46.9 Å². The van der Waals surface area contributed by atoms with Crippen LogP contribution in [0.1, 0.15) is 20.8 Å². The van der Waals surface area contributed by atoms with Gasteiger partial charge < -0.3 is 14.8 Å². The minimum absolute atomic E-state index is 0.227. The van der Waals surface area contributed by atoms with E-state index in [1.54, 1.807) is 24.3 Å². The highest BCUT2D eigenvalue weighted by atomic mass is 32.2. The summed E-state index contributed by atoms with van der Waals surface area (Å²) in [6.07, 6.45) is 0. The predicted molar refractivity (Wildman–Crippen MR) is 101 cm³/mol. The molecule has 0 atom stereocenters. The maximum atomic E-state index is 12.4. The fraction of sp³-hybridized carbons (Fsp3) is 0.353. The Kier molecular flexibility index (Phi) is 6.27. The largest absolute Gasteiger partial charge is 0.496 e. The van der Waals surface area contributed by atoms with Crippen LogP contribution in [0.4, 0.5) is 0 Å². The number of methoxy groups -OCH3 is 2. The second kappa shape index (κ2) is 8.07. The van der Waals surface area contributed by atoms with Crippen LogP contribution >= 0.6 is 11.3 Å². The lowest BCUT2D eigenvalue weighted by atomic mass is 10.1. The molecule has 0 saturated carbocycles. The minimum Gasteiger partial charge on any atom is -0.496 e. The van der Waals surface area contributed by atoms with Crippen molar-refractivity contribution < 1.29 is 22.7 Å². The summed E-state index contributed by atoms with van der Waals surface area (Å²) in [6.45, 7) is 2.07. The Morgan fingerprint density at radius 2 is 1.73 bits per heavy atom. The molecule has 26 heavy (non-hydrogen) atoms. The number of thiophene rings is 1. The number of nitrogens with zero attached hydrogens (tertiary/aromatic N) is 1. The van der Waals surface area contributed by atoms with Crippen molar-refractivity contribution in [2.75, 3.05) is 28.3 Å². The van der Waals surface area contributed by atoms with E-state index in [-0.39, 0.29) is 16.7 Å². The first-order valence-electron chi connectivity index (χ1n) is 7.72. The average molecular weight is 399 g/mol. The average Bonchev–Trinajstić information content (AvgIpc) is 3.09. The summed E-state index contributed by atoms with van der Waals surface area (Å²) in [5.41, 5.74) is 1.21. The standard InChI is InChI=1S/C17H22N2O5S2/c1-11-14(23-4)8-12(9-15(11)24-5)17(20)18-10-13-6-7-16(25-13)26(21,22)19(2)3/h6-9H,10H2,1-5H3,(H,18,20). The van der Waals surface area contributed by atoms with Crippen LogP contribution in [0, 0.1) is 6.92 Å². The Balaban J connectivity index is 2.14. The second-order valence-corrected chi connectivity index (χ2v) is 9.24. The van der Waals surface area contributed by atoms with Crippen LogP contribution in [0.15, 0.2) is 28.5 Å². The van der Waals surface area contributed by atoms with Crippen LogP contribution in [0.5, 0.6) is 11.5 Å². The van der Waals surface area contributed by atoms with Crippen molar-refractivity contribution in [1.29, 1.82) is 0 Å². The van der Waals surface area contributed by atoms with Gasteiger partial charge in [-0.2, -0.15) is 0 Å². The predicted octanol–water partition coefficient (Wildman–Crippen LogP) is 2.25. The maximum Gasteiger partial charge on any atom is 0.252 e. The molecule has 0 aliphatic heterocycles. The van der Waals surface area contributed by atoms with Gasteiger partial charge in [0.05, 0.1) is 20.8 Å². The molecule has 0 saturated heterocycles. The molecule has 1 heterocycles. The molecule has 9 heteroatoms. The number of hydrogen-bond acceptors (Lipinski definition) is 6. The normalized spacial score (nSPS) is 11.5. The Morgan fingerprint density at radius 3 is 2.23 bits per heavy atom. The molecule has 0 bridgehead atoms. The van der Waals surface area contributed by atoms with Gasteiger partial charge in [0, 0.05) is 30.1 Å². The fourth-order valence-corrected chi connectivity index (χ4v) is 4.72. The molecule has 0 spiro atoms. The first-order chi connectivity index (χ1) is 12.2. The molecule has 0 aliphatic rings. The Labute approximate surface area is 157 Å². The number of carbonyl (C=O) groups excluding carboxylic acids is 1. The fourth-order valence-electron chi connectivity index (χ4n) is 2.26. The summed E-state index contributed by atoms with van der Waals surface area (Å²) >= 11 is 1.13. The molecular weight excluding hydrogens is 376 g/mol. The van der Waals surface area contributed by atoms with E-state index in [1.807, 2.05) is 6.92 Å². The van der Waals surface area contributed by atoms with Crippen molar-refractivity contribution in [3.05, 3.63) is 40.3 Å². The van der Waals surface area contributed by atoms with E-state index in [9.17, 15) is 13.2 Å². The van der Waals surface area contributed by atoms with E-state index in [4.69, 9.17) is 9.47 Å². The third-order valence-corrected chi connectivity index (χ3v) is 7.18. The number of hydrogen-bond donors (Lipinski definition) is 1. The number of ether oxygens (including phenoxy) is 2. The lowest BCUT2D eigenvalue weighted by Gasteiger charge is -2.12. The van der Waals surface area contributed by atoms with Crippen molar-refractivity contribution in [3.63, 3.8) is 0 Å². The molecule has 0 radical (unpaired) electrons. The monoisotopic (exact) mass is 398 g/mol. The van der Waals surface area contributed by atoms with E-state index < -0.39 is 10.0 Å². The quantitative estimate of drug-likeness (QED) is 0.773. The Hall–Kier alpha value is -2.10. The molecule has 1 aromatic heterocycles. The molecule has 2 rings (SSSR count). The van der Waals surface area contributed by atoms with Crippen LogP contribution < -0.4 is 14.8 Å². The first kappa shape index (κ1) is 20.2. The van der Waals surface area contributed by atoms with Gasteiger partial charge in [0.25, 0.3) is 15.9 Å². The van der Waals surface area contributed by atoms with Crippen molar-refractivity contribution >= 4 is 27.3 Å². The van der Waals surface area contributed by atoms with E-state index in [2.05, 4.69) is 5.32 Å². The zero-order chi connectivity index (χ0) is 19.5. The Morgan fingerprint density at radius 1 is 1.15 bits per heavy atom. The van der Waals surface area contributed by atoms with Gasteiger partial charge in [-0.15, -0.1) is 11.3 Å². The van der Waals surface area contributed by atoms with Gasteiger partial charge in [0.2, 0.25) is 0 Å². The van der Waals surface area contributed by atoms with E-state index in [0.29, 0.717) is 17.1 Å². The lowest BCUT2D eigenvalue weighted by Crippen LogP contribution is -2.22. The lowest BCUT2D eigenvalue weighted by molar-refractivity contribution is 0.0950. The van der Waals surface area contributed by atoms with Gasteiger partial charge in [-0.3, -0.25) is 4.79 Å². The Bertz CT molecular complexity index is 879. The summed E-state index contributed by atoms with van der Waals surface area (Å²) in [4.78, 5) is 13.2. The number of rotatable bonds is 7. The summed E-state index contributed by atoms with van der Waals surface area (Å²) < 4.78 is 36.1. The van der Waals surface area contributed by atoms with E-state index >= 15 is 0 Å². The minimum atomic E-state index is -3.46. The van der Waals surface area contributed by atoms with Crippen molar-refractivity contribution in [3.8, 4) is 11.5 Å². The third-order valence-electron chi connectivity index (χ3n) is 3.81. The summed E-state index contributed by atoms with van der Waals surface area (Å²) in [5, 5.41) is 2.78. The highest BCUT2D eigenvalue weighted by molar-refractivity contribution is 7.91. The van der Waals surface area contributed by atoms with Gasteiger partial charge in [-0.05, 0) is 31.2 Å². The van der Waals surface area contributed by atoms with Gasteiger partial charge >= 0.3 is 0 Å². The van der Waals surface area contributed by atoms with Crippen molar-refractivity contribution in [2.45, 2.75) is 17.7 Å². The van der Waals surface area contributed by atoms with Crippen molar-refractivity contribution in [1.82, 2.24) is 9.62 Å². The molecule has 7 nitrogen and oxygen atoms in total. The van der Waals surface area contributed by atoms with E-state index in [0.717, 1.165) is 26.1 Å². The summed E-state index contributed by atoms with van der Waals surface area (Å²) in [7, 11) is 2.56. The van der Waals surface area contributed by atoms with Gasteiger partial charge in [0.15, 0.2) is 0 Å². The van der Waals surface area contributed by atoms with E-state index in [1.165, 1.54) is 28.3 Å². The second-order valence-electron chi connectivity index (χ2n) is 5.70. The number of amides is 1. The number of sulfonamides is 1. The van der Waals surface area contributed by atoms with Gasteiger partial charge in [0.1, 0.15) is 15.7 Å². The topological polar surface area (TPSA) is 84.9 Å². The highest BCUT2D eigenvalue weighted by Crippen LogP contribution is 2.29. The zero-order valence-electron chi connectivity index (χ0n) is 15.3. The number of carbonyl (C=O) groups is 1. The molecular formula is C17H22N2O5S2. The molecule has 2 aromatic rings. The van der Waals surface area contributed by atoms with Gasteiger partial charge in [-0.1, -0.05) is 0 Å². The van der Waals surface area contributed by atoms with Crippen molar-refractivity contribution in [2.24, 2.45) is 0 Å². The van der Waals surface area contributed by atoms with Crippen LogP contribution in [0.2, 0.25) is 0 Å².